The van der Waals surface area contributed by atoms with E-state index in [1.54, 1.807) is 24.3 Å². The Bertz CT molecular complexity index is 744. The SMILES string of the molecule is CCOc1ccccc1OCC(=O)N/N=C\c1ccc([N+](=O)[O-])s1. The summed E-state index contributed by atoms with van der Waals surface area (Å²) in [5.41, 5.74) is 2.29. The first-order valence-corrected chi connectivity index (χ1v) is 7.82. The number of carbonyl (C=O) groups excluding carboxylic acids is 1. The van der Waals surface area contributed by atoms with Gasteiger partial charge in [-0.05, 0) is 25.1 Å². The summed E-state index contributed by atoms with van der Waals surface area (Å²) in [5.74, 6) is 0.568. The Morgan fingerprint density at radius 1 is 1.29 bits per heavy atom. The predicted molar refractivity (Wildman–Crippen MR) is 89.8 cm³/mol. The minimum absolute atomic E-state index is 0.0126. The number of nitrogens with one attached hydrogen (secondary N) is 1. The number of amides is 1. The van der Waals surface area contributed by atoms with Crippen molar-refractivity contribution < 1.29 is 19.2 Å². The van der Waals surface area contributed by atoms with Crippen LogP contribution in [0.1, 0.15) is 11.8 Å². The Hall–Kier alpha value is -2.94. The van der Waals surface area contributed by atoms with Crippen molar-refractivity contribution in [2.45, 2.75) is 6.92 Å². The van der Waals surface area contributed by atoms with Crippen LogP contribution in [0.25, 0.3) is 0 Å². The van der Waals surface area contributed by atoms with E-state index in [9.17, 15) is 14.9 Å². The van der Waals surface area contributed by atoms with Crippen LogP contribution in [0.4, 0.5) is 5.00 Å². The minimum atomic E-state index is -0.482. The molecule has 0 radical (unpaired) electrons. The van der Waals surface area contributed by atoms with Crippen LogP contribution >= 0.6 is 11.3 Å². The molecule has 1 heterocycles. The fourth-order valence-corrected chi connectivity index (χ4v) is 2.39. The van der Waals surface area contributed by atoms with Crippen LogP contribution in [-0.4, -0.2) is 30.3 Å². The minimum Gasteiger partial charge on any atom is -0.490 e. The van der Waals surface area contributed by atoms with E-state index in [2.05, 4.69) is 10.5 Å². The van der Waals surface area contributed by atoms with Gasteiger partial charge in [0.2, 0.25) is 0 Å². The lowest BCUT2D eigenvalue weighted by molar-refractivity contribution is -0.380. The van der Waals surface area contributed by atoms with Crippen LogP contribution < -0.4 is 14.9 Å². The quantitative estimate of drug-likeness (QED) is 0.448. The number of ether oxygens (including phenoxy) is 2. The average Bonchev–Trinajstić information content (AvgIpc) is 3.03. The first-order valence-electron chi connectivity index (χ1n) is 7.01. The highest BCUT2D eigenvalue weighted by Crippen LogP contribution is 2.26. The first-order chi connectivity index (χ1) is 11.6. The summed E-state index contributed by atoms with van der Waals surface area (Å²) in [6, 6.07) is 9.96. The van der Waals surface area contributed by atoms with Gasteiger partial charge in [0.15, 0.2) is 18.1 Å². The summed E-state index contributed by atoms with van der Waals surface area (Å²) in [5, 5.41) is 14.3. The van der Waals surface area contributed by atoms with Crippen molar-refractivity contribution in [3.8, 4) is 11.5 Å². The van der Waals surface area contributed by atoms with Crippen LogP contribution in [0, 0.1) is 10.1 Å². The highest BCUT2D eigenvalue weighted by molar-refractivity contribution is 7.16. The van der Waals surface area contributed by atoms with Crippen molar-refractivity contribution >= 4 is 28.5 Å². The number of thiophene rings is 1. The van der Waals surface area contributed by atoms with Crippen molar-refractivity contribution in [3.63, 3.8) is 0 Å². The molecule has 8 nitrogen and oxygen atoms in total. The Labute approximate surface area is 141 Å². The molecular weight excluding hydrogens is 334 g/mol. The summed E-state index contributed by atoms with van der Waals surface area (Å²) in [6.45, 7) is 2.11. The van der Waals surface area contributed by atoms with Gasteiger partial charge < -0.3 is 9.47 Å². The van der Waals surface area contributed by atoms with Crippen LogP contribution in [0.2, 0.25) is 0 Å². The number of benzene rings is 1. The molecule has 2 rings (SSSR count). The van der Waals surface area contributed by atoms with Gasteiger partial charge in [0.1, 0.15) is 0 Å². The van der Waals surface area contributed by atoms with E-state index >= 15 is 0 Å². The number of hydrogen-bond acceptors (Lipinski definition) is 7. The number of nitrogens with zero attached hydrogens (tertiary/aromatic N) is 2. The summed E-state index contributed by atoms with van der Waals surface area (Å²) in [7, 11) is 0. The molecule has 126 valence electrons. The van der Waals surface area contributed by atoms with Crippen molar-refractivity contribution in [1.82, 2.24) is 5.43 Å². The fraction of sp³-hybridized carbons (Fsp3) is 0.200. The van der Waals surface area contributed by atoms with Crippen molar-refractivity contribution in [2.75, 3.05) is 13.2 Å². The molecule has 1 aromatic heterocycles. The lowest BCUT2D eigenvalue weighted by atomic mass is 10.3. The molecule has 0 unspecified atom stereocenters. The van der Waals surface area contributed by atoms with Gasteiger partial charge in [-0.2, -0.15) is 5.10 Å². The zero-order chi connectivity index (χ0) is 17.4. The van der Waals surface area contributed by atoms with E-state index in [1.165, 1.54) is 12.3 Å². The molecule has 0 atom stereocenters. The summed E-state index contributed by atoms with van der Waals surface area (Å²) in [6.07, 6.45) is 1.34. The molecule has 0 saturated carbocycles. The van der Waals surface area contributed by atoms with Gasteiger partial charge in [0, 0.05) is 6.07 Å². The smallest absolute Gasteiger partial charge is 0.324 e. The average molecular weight is 349 g/mol. The third-order valence-electron chi connectivity index (χ3n) is 2.68. The molecule has 0 bridgehead atoms. The molecule has 9 heteroatoms. The lowest BCUT2D eigenvalue weighted by Crippen LogP contribution is -2.24. The molecular formula is C15H15N3O5S. The molecule has 1 N–H and O–H groups in total. The Morgan fingerprint density at radius 3 is 2.62 bits per heavy atom. The van der Waals surface area contributed by atoms with Crippen LogP contribution in [0.5, 0.6) is 11.5 Å². The maximum atomic E-state index is 11.7. The number of rotatable bonds is 8. The number of hydrogen-bond donors (Lipinski definition) is 1. The standard InChI is InChI=1S/C15H15N3O5S/c1-2-22-12-5-3-4-6-13(12)23-10-14(19)17-16-9-11-7-8-15(24-11)18(20)21/h3-9H,2,10H2,1H3,(H,17,19)/b16-9-. The molecule has 0 aliphatic heterocycles. The molecule has 24 heavy (non-hydrogen) atoms. The maximum absolute atomic E-state index is 11.7. The molecule has 0 saturated heterocycles. The highest BCUT2D eigenvalue weighted by atomic mass is 32.1. The highest BCUT2D eigenvalue weighted by Gasteiger charge is 2.09. The summed E-state index contributed by atoms with van der Waals surface area (Å²) < 4.78 is 10.8. The Balaban J connectivity index is 1.83. The van der Waals surface area contributed by atoms with Gasteiger partial charge >= 0.3 is 5.00 Å². The van der Waals surface area contributed by atoms with Gasteiger partial charge in [-0.1, -0.05) is 23.5 Å². The second-order valence-corrected chi connectivity index (χ2v) is 5.49. The van der Waals surface area contributed by atoms with Gasteiger partial charge in [-0.3, -0.25) is 14.9 Å². The molecule has 1 aromatic carbocycles. The number of hydrazone groups is 1. The second-order valence-electron chi connectivity index (χ2n) is 4.39. The number of carbonyl (C=O) groups is 1. The van der Waals surface area contributed by atoms with Gasteiger partial charge in [-0.15, -0.1) is 0 Å². The molecule has 0 fully saturated rings. The van der Waals surface area contributed by atoms with Crippen LogP contribution in [0.3, 0.4) is 0 Å². The normalized spacial score (nSPS) is 10.5. The zero-order valence-corrected chi connectivity index (χ0v) is 13.6. The molecule has 0 aliphatic rings. The molecule has 1 amide bonds. The van der Waals surface area contributed by atoms with Crippen molar-refractivity contribution in [3.05, 3.63) is 51.4 Å². The number of nitro groups is 1. The van der Waals surface area contributed by atoms with Crippen LogP contribution in [-0.2, 0) is 4.79 Å². The van der Waals surface area contributed by atoms with Gasteiger partial charge in [0.25, 0.3) is 5.91 Å². The van der Waals surface area contributed by atoms with Gasteiger partial charge in [-0.25, -0.2) is 5.43 Å². The third-order valence-corrected chi connectivity index (χ3v) is 3.65. The largest absolute Gasteiger partial charge is 0.490 e. The van der Waals surface area contributed by atoms with E-state index < -0.39 is 10.8 Å². The van der Waals surface area contributed by atoms with Gasteiger partial charge in [0.05, 0.1) is 22.6 Å². The third kappa shape index (κ3) is 5.06. The van der Waals surface area contributed by atoms with E-state index in [4.69, 9.17) is 9.47 Å². The van der Waals surface area contributed by atoms with Crippen molar-refractivity contribution in [1.29, 1.82) is 0 Å². The van der Waals surface area contributed by atoms with E-state index in [0.717, 1.165) is 11.3 Å². The summed E-state index contributed by atoms with van der Waals surface area (Å²) in [4.78, 5) is 22.3. The molecule has 0 aliphatic carbocycles. The van der Waals surface area contributed by atoms with E-state index in [-0.39, 0.29) is 11.6 Å². The number of para-hydroxylation sites is 2. The maximum Gasteiger partial charge on any atom is 0.324 e. The van der Waals surface area contributed by atoms with Crippen LogP contribution in [0.15, 0.2) is 41.5 Å². The predicted octanol–water partition coefficient (Wildman–Crippen LogP) is 2.58. The second kappa shape index (κ2) is 8.63. The summed E-state index contributed by atoms with van der Waals surface area (Å²) >= 11 is 0.963. The Kier molecular flexibility index (Phi) is 6.26. The Morgan fingerprint density at radius 2 is 2.00 bits per heavy atom. The monoisotopic (exact) mass is 349 g/mol. The fourth-order valence-electron chi connectivity index (χ4n) is 1.70. The topological polar surface area (TPSA) is 103 Å². The first kappa shape index (κ1) is 17.4. The molecule has 0 spiro atoms. The lowest BCUT2D eigenvalue weighted by Gasteiger charge is -2.10. The van der Waals surface area contributed by atoms with E-state index in [0.29, 0.717) is 23.0 Å². The van der Waals surface area contributed by atoms with E-state index in [1.807, 2.05) is 13.0 Å². The molecule has 2 aromatic rings. The van der Waals surface area contributed by atoms with Crippen molar-refractivity contribution in [2.24, 2.45) is 5.10 Å². The zero-order valence-electron chi connectivity index (χ0n) is 12.8.